The fraction of sp³-hybridized carbons (Fsp3) is 0.241. The molecule has 184 valence electrons. The Morgan fingerprint density at radius 3 is 2.58 bits per heavy atom. The molecule has 2 aromatic carbocycles. The predicted octanol–water partition coefficient (Wildman–Crippen LogP) is 5.69. The van der Waals surface area contributed by atoms with Gasteiger partial charge in [-0.1, -0.05) is 45.0 Å². The van der Waals surface area contributed by atoms with E-state index in [1.807, 2.05) is 36.4 Å². The largest absolute Gasteiger partial charge is 0.507 e. The van der Waals surface area contributed by atoms with E-state index in [0.29, 0.717) is 22.6 Å². The molecule has 2 N–H and O–H groups in total. The number of rotatable bonds is 5. The number of Topliss-reactive ketones (excluding diaryl/α,β-unsaturated/α-hetero) is 1. The molecule has 1 saturated heterocycles. The van der Waals surface area contributed by atoms with Crippen LogP contribution in [0.15, 0.2) is 77.0 Å². The zero-order chi connectivity index (χ0) is 25.6. The number of hydrogen-bond acceptors (Lipinski definition) is 5. The molecule has 1 unspecified atom stereocenters. The number of amides is 1. The zero-order valence-corrected chi connectivity index (χ0v) is 20.7. The van der Waals surface area contributed by atoms with E-state index in [2.05, 4.69) is 25.8 Å². The molecule has 0 spiro atoms. The number of aromatic amines is 1. The molecule has 0 radical (unpaired) electrons. The average Bonchev–Trinajstić information content (AvgIpc) is 3.58. The van der Waals surface area contributed by atoms with Crippen molar-refractivity contribution in [1.29, 1.82) is 0 Å². The Labute approximate surface area is 209 Å². The van der Waals surface area contributed by atoms with Crippen molar-refractivity contribution in [1.82, 2.24) is 9.88 Å². The van der Waals surface area contributed by atoms with Crippen LogP contribution in [0.3, 0.4) is 0 Å². The molecule has 7 heteroatoms. The van der Waals surface area contributed by atoms with Crippen LogP contribution in [0.5, 0.6) is 5.75 Å². The second kappa shape index (κ2) is 8.75. The van der Waals surface area contributed by atoms with E-state index in [9.17, 15) is 14.7 Å². The van der Waals surface area contributed by atoms with Gasteiger partial charge >= 0.3 is 0 Å². The molecule has 4 aromatic rings. The van der Waals surface area contributed by atoms with Crippen LogP contribution in [-0.2, 0) is 21.5 Å². The molecule has 1 amide bonds. The van der Waals surface area contributed by atoms with Gasteiger partial charge in [-0.3, -0.25) is 9.59 Å². The van der Waals surface area contributed by atoms with Crippen LogP contribution < -0.4 is 4.74 Å². The third-order valence-corrected chi connectivity index (χ3v) is 6.68. The van der Waals surface area contributed by atoms with Gasteiger partial charge in [-0.05, 0) is 41.3 Å². The van der Waals surface area contributed by atoms with Gasteiger partial charge < -0.3 is 24.1 Å². The van der Waals surface area contributed by atoms with E-state index < -0.39 is 17.7 Å². The van der Waals surface area contributed by atoms with Gasteiger partial charge in [0.1, 0.15) is 17.3 Å². The average molecular weight is 485 g/mol. The first-order valence-electron chi connectivity index (χ1n) is 11.8. The molecule has 2 aromatic heterocycles. The lowest BCUT2D eigenvalue weighted by Gasteiger charge is -2.25. The van der Waals surface area contributed by atoms with Gasteiger partial charge in [-0.15, -0.1) is 0 Å². The van der Waals surface area contributed by atoms with Crippen molar-refractivity contribution in [2.45, 2.75) is 38.8 Å². The first kappa shape index (κ1) is 23.5. The van der Waals surface area contributed by atoms with E-state index in [1.54, 1.807) is 24.4 Å². The number of furan rings is 1. The van der Waals surface area contributed by atoms with Crippen molar-refractivity contribution in [3.63, 3.8) is 0 Å². The van der Waals surface area contributed by atoms with Gasteiger partial charge in [-0.2, -0.15) is 0 Å². The zero-order valence-electron chi connectivity index (χ0n) is 20.7. The molecular formula is C29H28N2O5. The number of ketones is 1. The summed E-state index contributed by atoms with van der Waals surface area (Å²) in [4.78, 5) is 31.5. The maximum absolute atomic E-state index is 13.5. The number of H-pyrrole nitrogens is 1. The SMILES string of the molecule is COc1ccc(C(C)(C)C)cc1/C(O)=C1\C(=O)C(=O)N(Cc2ccco2)C1c1c[nH]c2ccccc12. The highest BCUT2D eigenvalue weighted by Crippen LogP contribution is 2.44. The Morgan fingerprint density at radius 1 is 1.11 bits per heavy atom. The lowest BCUT2D eigenvalue weighted by molar-refractivity contribution is -0.140. The van der Waals surface area contributed by atoms with Crippen LogP contribution in [-0.4, -0.2) is 33.8 Å². The van der Waals surface area contributed by atoms with Gasteiger partial charge in [0.05, 0.1) is 37.1 Å². The highest BCUT2D eigenvalue weighted by Gasteiger charge is 2.47. The minimum absolute atomic E-state index is 0.0145. The number of nitrogens with one attached hydrogen (secondary N) is 1. The number of carbonyl (C=O) groups is 2. The van der Waals surface area contributed by atoms with Gasteiger partial charge in [0, 0.05) is 22.7 Å². The van der Waals surface area contributed by atoms with Crippen molar-refractivity contribution < 1.29 is 23.8 Å². The quantitative estimate of drug-likeness (QED) is 0.216. The molecule has 0 bridgehead atoms. The van der Waals surface area contributed by atoms with Crippen LogP contribution >= 0.6 is 0 Å². The number of aliphatic hydroxyl groups is 1. The Balaban J connectivity index is 1.75. The van der Waals surface area contributed by atoms with Crippen LogP contribution in [0.2, 0.25) is 0 Å². The lowest BCUT2D eigenvalue weighted by atomic mass is 9.85. The second-order valence-corrected chi connectivity index (χ2v) is 9.96. The number of carbonyl (C=O) groups excluding carboxylic acids is 2. The summed E-state index contributed by atoms with van der Waals surface area (Å²) in [7, 11) is 1.51. The number of methoxy groups -OCH3 is 1. The van der Waals surface area contributed by atoms with E-state index in [0.717, 1.165) is 16.5 Å². The van der Waals surface area contributed by atoms with Gasteiger partial charge in [0.2, 0.25) is 0 Å². The molecule has 0 saturated carbocycles. The minimum Gasteiger partial charge on any atom is -0.507 e. The first-order valence-corrected chi connectivity index (χ1v) is 11.8. The summed E-state index contributed by atoms with van der Waals surface area (Å²) >= 11 is 0. The van der Waals surface area contributed by atoms with Crippen LogP contribution in [0.25, 0.3) is 16.7 Å². The molecule has 5 rings (SSSR count). The van der Waals surface area contributed by atoms with Gasteiger partial charge in [-0.25, -0.2) is 0 Å². The van der Waals surface area contributed by atoms with Crippen molar-refractivity contribution in [3.05, 3.63) is 95.1 Å². The number of para-hydroxylation sites is 1. The van der Waals surface area contributed by atoms with E-state index in [-0.39, 0.29) is 23.3 Å². The smallest absolute Gasteiger partial charge is 0.296 e. The number of benzene rings is 2. The summed E-state index contributed by atoms with van der Waals surface area (Å²) in [6, 6.07) is 15.8. The van der Waals surface area contributed by atoms with E-state index in [1.165, 1.54) is 18.3 Å². The maximum atomic E-state index is 13.5. The summed E-state index contributed by atoms with van der Waals surface area (Å²) in [5, 5.41) is 12.5. The fourth-order valence-electron chi connectivity index (χ4n) is 4.76. The summed E-state index contributed by atoms with van der Waals surface area (Å²) in [6.45, 7) is 6.27. The number of ether oxygens (including phenoxy) is 1. The van der Waals surface area contributed by atoms with Crippen molar-refractivity contribution in [3.8, 4) is 5.75 Å². The third-order valence-electron chi connectivity index (χ3n) is 6.68. The molecule has 1 fully saturated rings. The molecule has 1 aliphatic heterocycles. The predicted molar refractivity (Wildman–Crippen MR) is 137 cm³/mol. The van der Waals surface area contributed by atoms with Gasteiger partial charge in [0.15, 0.2) is 0 Å². The number of likely N-dealkylation sites (tertiary alicyclic amines) is 1. The monoisotopic (exact) mass is 484 g/mol. The van der Waals surface area contributed by atoms with Crippen LogP contribution in [0.1, 0.15) is 49.3 Å². The van der Waals surface area contributed by atoms with Crippen molar-refractivity contribution >= 4 is 28.4 Å². The number of aromatic nitrogens is 1. The fourth-order valence-corrected chi connectivity index (χ4v) is 4.76. The molecular weight excluding hydrogens is 456 g/mol. The van der Waals surface area contributed by atoms with Crippen molar-refractivity contribution in [2.75, 3.05) is 7.11 Å². The van der Waals surface area contributed by atoms with E-state index >= 15 is 0 Å². The summed E-state index contributed by atoms with van der Waals surface area (Å²) in [6.07, 6.45) is 3.31. The minimum atomic E-state index is -0.825. The highest BCUT2D eigenvalue weighted by molar-refractivity contribution is 6.46. The lowest BCUT2D eigenvalue weighted by Crippen LogP contribution is -2.29. The molecule has 0 aliphatic carbocycles. The Hall–Kier alpha value is -4.26. The summed E-state index contributed by atoms with van der Waals surface area (Å²) < 4.78 is 11.0. The summed E-state index contributed by atoms with van der Waals surface area (Å²) in [5.74, 6) is -0.773. The standard InChI is InChI=1S/C29H28N2O5/c1-29(2,3)17-11-12-23(35-4)20(14-17)26(32)24-25(21-15-30-22-10-6-5-9-19(21)22)31(28(34)27(24)33)16-18-8-7-13-36-18/h5-15,25,30,32H,16H2,1-4H3/b26-24+. The topological polar surface area (TPSA) is 95.8 Å². The molecule has 1 atom stereocenters. The molecule has 36 heavy (non-hydrogen) atoms. The second-order valence-electron chi connectivity index (χ2n) is 9.96. The molecule has 3 heterocycles. The number of fused-ring (bicyclic) bond motifs is 1. The molecule has 7 nitrogen and oxygen atoms in total. The maximum Gasteiger partial charge on any atom is 0.296 e. The Bertz CT molecular complexity index is 1490. The van der Waals surface area contributed by atoms with Gasteiger partial charge in [0.25, 0.3) is 11.7 Å². The first-order chi connectivity index (χ1) is 17.2. The van der Waals surface area contributed by atoms with Crippen LogP contribution in [0.4, 0.5) is 0 Å². The summed E-state index contributed by atoms with van der Waals surface area (Å²) in [5.41, 5.74) is 2.71. The normalized spacial score (nSPS) is 17.8. The molecule has 1 aliphatic rings. The highest BCUT2D eigenvalue weighted by atomic mass is 16.5. The number of aliphatic hydroxyl groups excluding tert-OH is 1. The third kappa shape index (κ3) is 3.86. The number of hydrogen-bond donors (Lipinski definition) is 2. The Kier molecular flexibility index (Phi) is 5.71. The van der Waals surface area contributed by atoms with Crippen LogP contribution in [0, 0.1) is 0 Å². The Morgan fingerprint density at radius 2 is 1.89 bits per heavy atom. The van der Waals surface area contributed by atoms with Crippen molar-refractivity contribution in [2.24, 2.45) is 0 Å². The number of nitrogens with zero attached hydrogens (tertiary/aromatic N) is 1. The van der Waals surface area contributed by atoms with E-state index in [4.69, 9.17) is 9.15 Å².